The Kier molecular flexibility index (Phi) is 9.23. The largest absolute Gasteiger partial charge is 0.347 e. The van der Waals surface area contributed by atoms with Gasteiger partial charge in [-0.3, -0.25) is 0 Å². The summed E-state index contributed by atoms with van der Waals surface area (Å²) in [7, 11) is -0.654. The lowest BCUT2D eigenvalue weighted by molar-refractivity contribution is -2.00. The molecule has 0 fully saturated rings. The Morgan fingerprint density at radius 3 is 1.88 bits per heavy atom. The molecule has 1 aliphatic heterocycles. The number of benzene rings is 3. The molecule has 7 heteroatoms. The molecular weight excluding hydrogens is 536 g/mol. The van der Waals surface area contributed by atoms with E-state index >= 15 is 0 Å². The fraction of sp³-hybridized carbons (Fsp3) is 0.147. The van der Waals surface area contributed by atoms with Gasteiger partial charge in [-0.05, 0) is 41.0 Å². The van der Waals surface area contributed by atoms with Crippen molar-refractivity contribution in [2.24, 2.45) is 7.05 Å². The highest BCUT2D eigenvalue weighted by Gasteiger charge is 2.37. The van der Waals surface area contributed by atoms with Crippen molar-refractivity contribution in [3.8, 4) is 22.4 Å². The Morgan fingerprint density at radius 2 is 1.27 bits per heavy atom. The molecule has 0 radical (unpaired) electrons. The summed E-state index contributed by atoms with van der Waals surface area (Å²) in [6.07, 6.45) is 10.8. The molecule has 0 aliphatic carbocycles. The van der Waals surface area contributed by atoms with Crippen molar-refractivity contribution in [2.75, 3.05) is 11.9 Å². The van der Waals surface area contributed by atoms with Gasteiger partial charge in [0.25, 0.3) is 0 Å². The number of hydrogen-bond donors (Lipinski definition) is 0. The quantitative estimate of drug-likeness (QED) is 0.272. The van der Waals surface area contributed by atoms with Crippen molar-refractivity contribution in [1.29, 1.82) is 0 Å². The summed E-state index contributed by atoms with van der Waals surface area (Å²) in [5.41, 5.74) is 9.93. The van der Waals surface area contributed by atoms with Crippen LogP contribution >= 0.6 is 0 Å². The van der Waals surface area contributed by atoms with Crippen molar-refractivity contribution in [1.82, 2.24) is 0 Å². The second-order valence-corrected chi connectivity index (χ2v) is 11.0. The first-order valence-electron chi connectivity index (χ1n) is 13.1. The highest BCUT2D eigenvalue weighted by atomic mass is 35.7. The zero-order valence-corrected chi connectivity index (χ0v) is 24.3. The van der Waals surface area contributed by atoms with Gasteiger partial charge in [0.1, 0.15) is 7.05 Å². The van der Waals surface area contributed by atoms with E-state index in [0.29, 0.717) is 0 Å². The number of hydrogen-bond acceptors (Lipinski definition) is 5. The second kappa shape index (κ2) is 12.6. The highest BCUT2D eigenvalue weighted by Crippen LogP contribution is 2.46. The highest BCUT2D eigenvalue weighted by molar-refractivity contribution is 5.72. The SMILES string of the molecule is CN1/C(=C/C=C/C=C/c2cc(-c3ccccc3)cc(-c3ccccc3)[n+]2C)C(C)(C)c2ccccc21.[O-][Cl+3]([O-])([O-])[O-]. The Labute approximate surface area is 243 Å². The predicted molar refractivity (Wildman–Crippen MR) is 153 cm³/mol. The van der Waals surface area contributed by atoms with Crippen LogP contribution in [-0.2, 0) is 12.5 Å². The van der Waals surface area contributed by atoms with Gasteiger partial charge in [-0.1, -0.05) is 98.8 Å². The number of halogens is 1. The standard InChI is InChI=1S/C34H33N2.ClHO4/c1-34(2)30-21-14-15-22-31(30)36(4)33(34)23-13-7-12-20-29-24-28(26-16-8-5-9-17-26)25-32(35(29)3)27-18-10-6-11-19-27;2-1(3,4)5/h5-25H,1-4H3;(H,2,3,4,5)/q+1;/p-1. The van der Waals surface area contributed by atoms with Crippen LogP contribution in [0.1, 0.15) is 25.1 Å². The molecular formula is C34H33ClN2O4. The van der Waals surface area contributed by atoms with Gasteiger partial charge < -0.3 is 4.90 Å². The van der Waals surface area contributed by atoms with Gasteiger partial charge >= 0.3 is 0 Å². The molecule has 1 aliphatic rings. The molecule has 0 N–H and O–H groups in total. The number of rotatable bonds is 5. The molecule has 0 unspecified atom stereocenters. The number of allylic oxidation sites excluding steroid dienone is 5. The van der Waals surface area contributed by atoms with Crippen LogP contribution in [0, 0.1) is 10.2 Å². The molecule has 0 atom stereocenters. The second-order valence-electron chi connectivity index (χ2n) is 10.2. The molecule has 4 aromatic rings. The molecule has 2 heterocycles. The van der Waals surface area contributed by atoms with E-state index in [-0.39, 0.29) is 5.41 Å². The average Bonchev–Trinajstić information content (AvgIpc) is 3.14. The number of likely N-dealkylation sites (N-methyl/N-ethyl adjacent to an activating group) is 1. The van der Waals surface area contributed by atoms with E-state index in [4.69, 9.17) is 18.6 Å². The van der Waals surface area contributed by atoms with Crippen molar-refractivity contribution >= 4 is 11.8 Å². The molecule has 41 heavy (non-hydrogen) atoms. The van der Waals surface area contributed by atoms with Gasteiger partial charge in [0.2, 0.25) is 11.4 Å². The maximum absolute atomic E-state index is 8.49. The molecule has 6 nitrogen and oxygen atoms in total. The summed E-state index contributed by atoms with van der Waals surface area (Å²) in [6, 6.07) is 34.4. The molecule has 1 aromatic heterocycles. The summed E-state index contributed by atoms with van der Waals surface area (Å²) in [5, 5.41) is 0. The number of anilines is 1. The van der Waals surface area contributed by atoms with Crippen LogP contribution in [0.4, 0.5) is 5.69 Å². The molecule has 0 spiro atoms. The first-order chi connectivity index (χ1) is 19.5. The minimum absolute atomic E-state index is 0.0135. The smallest absolute Gasteiger partial charge is 0.213 e. The Balaban J connectivity index is 0.000000714. The van der Waals surface area contributed by atoms with Crippen LogP contribution in [0.2, 0.25) is 0 Å². The topological polar surface area (TPSA) is 99.4 Å². The maximum atomic E-state index is 8.49. The molecule has 0 amide bonds. The first-order valence-corrected chi connectivity index (χ1v) is 14.4. The molecule has 210 valence electrons. The zero-order chi connectivity index (χ0) is 29.6. The van der Waals surface area contributed by atoms with Gasteiger partial charge in [0, 0.05) is 47.6 Å². The zero-order valence-electron chi connectivity index (χ0n) is 23.5. The number of pyridine rings is 1. The van der Waals surface area contributed by atoms with E-state index in [2.05, 4.69) is 165 Å². The molecule has 0 bridgehead atoms. The van der Waals surface area contributed by atoms with E-state index in [1.54, 1.807) is 0 Å². The molecule has 0 saturated carbocycles. The first kappa shape index (κ1) is 29.9. The van der Waals surface area contributed by atoms with Gasteiger partial charge in [-0.15, -0.1) is 10.2 Å². The number of fused-ring (bicyclic) bond motifs is 1. The maximum Gasteiger partial charge on any atom is 0.213 e. The van der Waals surface area contributed by atoms with Gasteiger partial charge in [0.05, 0.1) is 0 Å². The third kappa shape index (κ3) is 7.38. The van der Waals surface area contributed by atoms with Crippen LogP contribution in [0.25, 0.3) is 28.5 Å². The summed E-state index contributed by atoms with van der Waals surface area (Å²) in [4.78, 5) is 2.30. The van der Waals surface area contributed by atoms with Crippen molar-refractivity contribution in [3.63, 3.8) is 0 Å². The summed E-state index contributed by atoms with van der Waals surface area (Å²) in [6.45, 7) is 4.59. The van der Waals surface area contributed by atoms with Crippen molar-refractivity contribution < 1.29 is 33.4 Å². The van der Waals surface area contributed by atoms with E-state index in [0.717, 1.165) is 5.69 Å². The van der Waals surface area contributed by atoms with E-state index in [1.165, 1.54) is 39.3 Å². The molecule has 3 aromatic carbocycles. The van der Waals surface area contributed by atoms with Crippen LogP contribution in [0.15, 0.2) is 127 Å². The third-order valence-electron chi connectivity index (χ3n) is 7.20. The number of aromatic nitrogens is 1. The Morgan fingerprint density at radius 1 is 0.707 bits per heavy atom. The van der Waals surface area contributed by atoms with Crippen LogP contribution in [-0.4, -0.2) is 7.05 Å². The van der Waals surface area contributed by atoms with Crippen molar-refractivity contribution in [2.45, 2.75) is 19.3 Å². The minimum Gasteiger partial charge on any atom is -0.347 e. The van der Waals surface area contributed by atoms with E-state index in [1.807, 2.05) is 0 Å². The summed E-state index contributed by atoms with van der Waals surface area (Å²) in [5.74, 6) is 0. The van der Waals surface area contributed by atoms with E-state index in [9.17, 15) is 0 Å². The Bertz CT molecular complexity index is 1570. The third-order valence-corrected chi connectivity index (χ3v) is 7.20. The lowest BCUT2D eigenvalue weighted by Crippen LogP contribution is -2.68. The van der Waals surface area contributed by atoms with Crippen molar-refractivity contribution in [3.05, 3.63) is 138 Å². The number of para-hydroxylation sites is 1. The monoisotopic (exact) mass is 568 g/mol. The normalized spacial score (nSPS) is 15.3. The van der Waals surface area contributed by atoms with Gasteiger partial charge in [0.15, 0.2) is 0 Å². The van der Waals surface area contributed by atoms with Gasteiger partial charge in [-0.2, -0.15) is 4.57 Å². The van der Waals surface area contributed by atoms with E-state index < -0.39 is 10.2 Å². The van der Waals surface area contributed by atoms with Crippen LogP contribution in [0.5, 0.6) is 0 Å². The predicted octanol–water partition coefficient (Wildman–Crippen LogP) is 2.97. The summed E-state index contributed by atoms with van der Waals surface area (Å²) >= 11 is 0. The number of nitrogens with zero attached hydrogens (tertiary/aromatic N) is 2. The fourth-order valence-electron chi connectivity index (χ4n) is 5.19. The Hall–Kier alpha value is -4.04. The van der Waals surface area contributed by atoms with Crippen LogP contribution < -0.4 is 28.1 Å². The summed E-state index contributed by atoms with van der Waals surface area (Å²) < 4.78 is 36.2. The lowest BCUT2D eigenvalue weighted by Gasteiger charge is -2.23. The lowest BCUT2D eigenvalue weighted by atomic mass is 9.84. The molecule has 5 rings (SSSR count). The fourth-order valence-corrected chi connectivity index (χ4v) is 5.19. The van der Waals surface area contributed by atoms with Crippen LogP contribution in [0.3, 0.4) is 0 Å². The minimum atomic E-state index is -4.94. The molecule has 0 saturated heterocycles. The average molecular weight is 569 g/mol. The van der Waals surface area contributed by atoms with Gasteiger partial charge in [-0.25, -0.2) is 18.6 Å².